The summed E-state index contributed by atoms with van der Waals surface area (Å²) in [5.74, 6) is 1.64. The third-order valence-electron chi connectivity index (χ3n) is 5.37. The summed E-state index contributed by atoms with van der Waals surface area (Å²) in [7, 11) is 2.21. The zero-order valence-corrected chi connectivity index (χ0v) is 22.3. The Labute approximate surface area is 214 Å². The fourth-order valence-corrected chi connectivity index (χ4v) is 3.43. The SMILES string of the molecule is CCC(C)CN(C)CC(C)C.CCCNc1cc(C=O)ccc1N=CNc1ccc(C(F)(F)F)cc1. The van der Waals surface area contributed by atoms with Gasteiger partial charge in [0.05, 0.1) is 23.3 Å². The Morgan fingerprint density at radius 2 is 1.69 bits per heavy atom. The fraction of sp³-hybridized carbons (Fsp3) is 0.500. The van der Waals surface area contributed by atoms with Crippen LogP contribution in [0.3, 0.4) is 0 Å². The summed E-state index contributed by atoms with van der Waals surface area (Å²) in [5.41, 5.74) is 1.67. The van der Waals surface area contributed by atoms with Gasteiger partial charge in [-0.25, -0.2) is 4.99 Å². The summed E-state index contributed by atoms with van der Waals surface area (Å²) in [6.07, 6.45) is 0.00815. The second kappa shape index (κ2) is 16.0. The van der Waals surface area contributed by atoms with Crippen LogP contribution in [0.25, 0.3) is 0 Å². The summed E-state index contributed by atoms with van der Waals surface area (Å²) in [4.78, 5) is 17.6. The van der Waals surface area contributed by atoms with E-state index in [1.807, 2.05) is 6.92 Å². The largest absolute Gasteiger partial charge is 0.416 e. The first kappa shape index (κ1) is 31.2. The van der Waals surface area contributed by atoms with Gasteiger partial charge in [0.1, 0.15) is 6.29 Å². The van der Waals surface area contributed by atoms with Gasteiger partial charge in [0.2, 0.25) is 0 Å². The number of hydrogen-bond donors (Lipinski definition) is 2. The van der Waals surface area contributed by atoms with Crippen LogP contribution in [0.15, 0.2) is 47.5 Å². The Bertz CT molecular complexity index is 927. The predicted molar refractivity (Wildman–Crippen MR) is 146 cm³/mol. The van der Waals surface area contributed by atoms with Gasteiger partial charge in [-0.05, 0) is 67.8 Å². The highest BCUT2D eigenvalue weighted by Crippen LogP contribution is 2.30. The van der Waals surface area contributed by atoms with Crippen molar-refractivity contribution in [2.24, 2.45) is 16.8 Å². The lowest BCUT2D eigenvalue weighted by Crippen LogP contribution is -2.27. The third kappa shape index (κ3) is 12.2. The molecule has 0 saturated carbocycles. The van der Waals surface area contributed by atoms with E-state index in [1.54, 1.807) is 18.2 Å². The molecule has 2 N–H and O–H groups in total. The van der Waals surface area contributed by atoms with Crippen molar-refractivity contribution in [1.82, 2.24) is 4.90 Å². The topological polar surface area (TPSA) is 56.7 Å². The molecule has 2 rings (SSSR count). The van der Waals surface area contributed by atoms with Crippen LogP contribution in [-0.2, 0) is 6.18 Å². The van der Waals surface area contributed by atoms with Crippen molar-refractivity contribution in [3.63, 3.8) is 0 Å². The van der Waals surface area contributed by atoms with Crippen LogP contribution in [0.5, 0.6) is 0 Å². The van der Waals surface area contributed by atoms with Crippen LogP contribution >= 0.6 is 0 Å². The molecule has 0 aliphatic carbocycles. The molecule has 200 valence electrons. The maximum absolute atomic E-state index is 12.5. The van der Waals surface area contributed by atoms with E-state index in [4.69, 9.17) is 0 Å². The molecule has 0 spiro atoms. The van der Waals surface area contributed by atoms with Gasteiger partial charge in [0, 0.05) is 30.9 Å². The number of alkyl halides is 3. The maximum atomic E-state index is 12.5. The average Bonchev–Trinajstić information content (AvgIpc) is 2.82. The minimum Gasteiger partial charge on any atom is -0.383 e. The fourth-order valence-electron chi connectivity index (χ4n) is 3.43. The molecular weight excluding hydrogens is 465 g/mol. The molecule has 0 heterocycles. The highest BCUT2D eigenvalue weighted by molar-refractivity contribution is 5.84. The summed E-state index contributed by atoms with van der Waals surface area (Å²) in [5, 5.41) is 6.01. The number of carbonyl (C=O) groups is 1. The van der Waals surface area contributed by atoms with Gasteiger partial charge in [-0.15, -0.1) is 0 Å². The van der Waals surface area contributed by atoms with Crippen LogP contribution in [0.1, 0.15) is 63.4 Å². The molecule has 0 saturated heterocycles. The second-order valence-electron chi connectivity index (χ2n) is 9.43. The number of anilines is 2. The van der Waals surface area contributed by atoms with Gasteiger partial charge in [0.25, 0.3) is 0 Å². The van der Waals surface area contributed by atoms with Crippen molar-refractivity contribution in [1.29, 1.82) is 0 Å². The summed E-state index contributed by atoms with van der Waals surface area (Å²) < 4.78 is 37.6. The lowest BCUT2D eigenvalue weighted by molar-refractivity contribution is -0.137. The van der Waals surface area contributed by atoms with Crippen LogP contribution in [0, 0.1) is 11.8 Å². The van der Waals surface area contributed by atoms with Gasteiger partial charge in [-0.1, -0.05) is 41.0 Å². The van der Waals surface area contributed by atoms with E-state index in [1.165, 1.54) is 38.0 Å². The number of benzene rings is 2. The molecule has 2 aromatic rings. The molecule has 36 heavy (non-hydrogen) atoms. The van der Waals surface area contributed by atoms with Crippen molar-refractivity contribution in [3.05, 3.63) is 53.6 Å². The molecule has 0 aliphatic rings. The van der Waals surface area contributed by atoms with Crippen LogP contribution in [0.2, 0.25) is 0 Å². The maximum Gasteiger partial charge on any atom is 0.416 e. The molecule has 8 heteroatoms. The van der Waals surface area contributed by atoms with Gasteiger partial charge in [0.15, 0.2) is 0 Å². The number of nitrogens with zero attached hydrogens (tertiary/aromatic N) is 2. The van der Waals surface area contributed by atoms with E-state index in [0.29, 0.717) is 16.9 Å². The Balaban J connectivity index is 0.000000497. The number of carbonyl (C=O) groups excluding carboxylic acids is 1. The zero-order chi connectivity index (χ0) is 27.1. The molecule has 0 bridgehead atoms. The van der Waals surface area contributed by atoms with Crippen molar-refractivity contribution in [2.75, 3.05) is 37.3 Å². The lowest BCUT2D eigenvalue weighted by Gasteiger charge is -2.21. The first-order valence-electron chi connectivity index (χ1n) is 12.5. The number of nitrogens with one attached hydrogen (secondary N) is 2. The van der Waals surface area contributed by atoms with Crippen molar-refractivity contribution < 1.29 is 18.0 Å². The smallest absolute Gasteiger partial charge is 0.383 e. The van der Waals surface area contributed by atoms with Crippen molar-refractivity contribution >= 4 is 29.7 Å². The van der Waals surface area contributed by atoms with Crippen LogP contribution < -0.4 is 10.6 Å². The molecule has 0 amide bonds. The summed E-state index contributed by atoms with van der Waals surface area (Å²) >= 11 is 0. The molecule has 1 unspecified atom stereocenters. The molecule has 0 aromatic heterocycles. The van der Waals surface area contributed by atoms with E-state index in [2.05, 4.69) is 55.3 Å². The standard InChI is InChI=1S/C18H18F3N3O.C10H23N/c1-2-9-22-17-10-13(11-25)3-8-16(17)24-12-23-15-6-4-14(5-7-15)18(19,20)21;1-6-10(4)8-11(5)7-9(2)3/h3-8,10-12,22H,2,9H2,1H3,(H,23,24);9-10H,6-8H2,1-5H3. The Morgan fingerprint density at radius 3 is 2.22 bits per heavy atom. The first-order chi connectivity index (χ1) is 17.0. The Hall–Kier alpha value is -2.87. The molecule has 0 fully saturated rings. The quantitative estimate of drug-likeness (QED) is 0.176. The minimum atomic E-state index is -4.35. The van der Waals surface area contributed by atoms with Crippen molar-refractivity contribution in [3.8, 4) is 0 Å². The number of rotatable bonds is 12. The van der Waals surface area contributed by atoms with Gasteiger partial charge >= 0.3 is 6.18 Å². The number of hydrogen-bond acceptors (Lipinski definition) is 4. The first-order valence-corrected chi connectivity index (χ1v) is 12.5. The highest BCUT2D eigenvalue weighted by Gasteiger charge is 2.29. The summed E-state index contributed by atoms with van der Waals surface area (Å²) in [6, 6.07) is 9.72. The van der Waals surface area contributed by atoms with E-state index in [0.717, 1.165) is 48.9 Å². The van der Waals surface area contributed by atoms with Crippen LogP contribution in [-0.4, -0.2) is 44.2 Å². The lowest BCUT2D eigenvalue weighted by atomic mass is 10.1. The van der Waals surface area contributed by atoms with E-state index in [9.17, 15) is 18.0 Å². The van der Waals surface area contributed by atoms with Gasteiger partial charge in [-0.2, -0.15) is 13.2 Å². The molecular formula is C28H41F3N4O. The van der Waals surface area contributed by atoms with E-state index >= 15 is 0 Å². The zero-order valence-electron chi connectivity index (χ0n) is 22.3. The van der Waals surface area contributed by atoms with E-state index in [-0.39, 0.29) is 0 Å². The third-order valence-corrected chi connectivity index (χ3v) is 5.37. The van der Waals surface area contributed by atoms with Crippen molar-refractivity contribution in [2.45, 2.75) is 53.6 Å². The number of aldehydes is 1. The Morgan fingerprint density at radius 1 is 1.03 bits per heavy atom. The van der Waals surface area contributed by atoms with E-state index < -0.39 is 11.7 Å². The molecule has 2 aromatic carbocycles. The van der Waals surface area contributed by atoms with Gasteiger partial charge in [-0.3, -0.25) is 4.79 Å². The minimum absolute atomic E-state index is 0.490. The molecule has 0 radical (unpaired) electrons. The summed E-state index contributed by atoms with van der Waals surface area (Å²) in [6.45, 7) is 14.3. The van der Waals surface area contributed by atoms with Crippen LogP contribution in [0.4, 0.5) is 30.2 Å². The molecule has 5 nitrogen and oxygen atoms in total. The molecule has 0 aliphatic heterocycles. The predicted octanol–water partition coefficient (Wildman–Crippen LogP) is 7.73. The Kier molecular flexibility index (Phi) is 13.8. The average molecular weight is 507 g/mol. The number of halogens is 3. The number of aliphatic imine (C=N–C) groups is 1. The van der Waals surface area contributed by atoms with Gasteiger partial charge < -0.3 is 15.5 Å². The highest BCUT2D eigenvalue weighted by atomic mass is 19.4. The molecule has 1 atom stereocenters. The normalized spacial score (nSPS) is 12.4. The second-order valence-corrected chi connectivity index (χ2v) is 9.43. The monoisotopic (exact) mass is 506 g/mol.